The van der Waals surface area contributed by atoms with Gasteiger partial charge in [0.25, 0.3) is 0 Å². The highest BCUT2D eigenvalue weighted by molar-refractivity contribution is 5.75. The minimum Gasteiger partial charge on any atom is -0.0751 e. The van der Waals surface area contributed by atoms with Crippen LogP contribution in [0.5, 0.6) is 0 Å². The molecule has 2 rings (SSSR count). The van der Waals surface area contributed by atoms with Crippen LogP contribution in [0, 0.1) is 5.41 Å². The van der Waals surface area contributed by atoms with E-state index in [0.717, 1.165) is 0 Å². The van der Waals surface area contributed by atoms with Crippen LogP contribution >= 0.6 is 0 Å². The van der Waals surface area contributed by atoms with E-state index in [1.54, 1.807) is 0 Å². The van der Waals surface area contributed by atoms with E-state index in [4.69, 9.17) is 0 Å². The maximum Gasteiger partial charge on any atom is 0.00109 e. The molecule has 1 aromatic rings. The highest BCUT2D eigenvalue weighted by Crippen LogP contribution is 2.26. The molecule has 90 valence electrons. The van der Waals surface area contributed by atoms with Gasteiger partial charge in [-0.2, -0.15) is 0 Å². The third kappa shape index (κ3) is 4.07. The van der Waals surface area contributed by atoms with Gasteiger partial charge in [-0.25, -0.2) is 0 Å². The molecule has 0 heteroatoms. The topological polar surface area (TPSA) is 0 Å². The van der Waals surface area contributed by atoms with Crippen molar-refractivity contribution >= 4 is 5.57 Å². The monoisotopic (exact) mass is 226 g/mol. The predicted molar refractivity (Wildman–Crippen MR) is 77.8 cm³/mol. The Morgan fingerprint density at radius 3 is 2.18 bits per heavy atom. The van der Waals surface area contributed by atoms with Gasteiger partial charge in [-0.05, 0) is 11.1 Å². The smallest absolute Gasteiger partial charge is 0.00109 e. The summed E-state index contributed by atoms with van der Waals surface area (Å²) >= 11 is 0. The number of hydrogen-bond donors (Lipinski definition) is 0. The lowest BCUT2D eigenvalue weighted by Gasteiger charge is -2.12. The molecule has 0 bridgehead atoms. The summed E-state index contributed by atoms with van der Waals surface area (Å²) in [7, 11) is 0. The van der Waals surface area contributed by atoms with Crippen molar-refractivity contribution in [2.45, 2.75) is 27.7 Å². The molecule has 0 saturated heterocycles. The highest BCUT2D eigenvalue weighted by atomic mass is 14.1. The van der Waals surface area contributed by atoms with E-state index < -0.39 is 0 Å². The summed E-state index contributed by atoms with van der Waals surface area (Å²) in [4.78, 5) is 0. The first-order valence-corrected chi connectivity index (χ1v) is 6.32. The van der Waals surface area contributed by atoms with E-state index in [0.29, 0.717) is 0 Å². The van der Waals surface area contributed by atoms with Crippen molar-refractivity contribution in [3.8, 4) is 0 Å². The normalized spacial score (nSPS) is 16.6. The van der Waals surface area contributed by atoms with Gasteiger partial charge < -0.3 is 0 Å². The second-order valence-corrected chi connectivity index (χ2v) is 4.50. The van der Waals surface area contributed by atoms with Crippen LogP contribution in [-0.4, -0.2) is 0 Å². The Kier molecular flexibility index (Phi) is 4.96. The fourth-order valence-electron chi connectivity index (χ4n) is 1.64. The van der Waals surface area contributed by atoms with Crippen LogP contribution in [0.4, 0.5) is 0 Å². The molecule has 0 heterocycles. The number of hydrogen-bond acceptors (Lipinski definition) is 0. The third-order valence-electron chi connectivity index (χ3n) is 2.60. The van der Waals surface area contributed by atoms with Crippen LogP contribution in [-0.2, 0) is 0 Å². The van der Waals surface area contributed by atoms with Crippen LogP contribution in [0.2, 0.25) is 0 Å². The lowest BCUT2D eigenvalue weighted by Crippen LogP contribution is -2.00. The minimum absolute atomic E-state index is 0.160. The Morgan fingerprint density at radius 2 is 1.53 bits per heavy atom. The fourth-order valence-corrected chi connectivity index (χ4v) is 1.64. The van der Waals surface area contributed by atoms with Crippen LogP contribution in [0.15, 0.2) is 60.7 Å². The van der Waals surface area contributed by atoms with Gasteiger partial charge >= 0.3 is 0 Å². The molecule has 1 aromatic carbocycles. The SMILES string of the molecule is CC.CC1(C)C=CC=C(c2ccccc2)C=C1. The third-order valence-corrected chi connectivity index (χ3v) is 2.60. The van der Waals surface area contributed by atoms with E-state index >= 15 is 0 Å². The lowest BCUT2D eigenvalue weighted by atomic mass is 9.93. The molecule has 0 amide bonds. The maximum atomic E-state index is 2.25. The molecule has 0 unspecified atom stereocenters. The molecule has 0 aliphatic heterocycles. The molecule has 1 aliphatic rings. The second-order valence-electron chi connectivity index (χ2n) is 4.50. The summed E-state index contributed by atoms with van der Waals surface area (Å²) < 4.78 is 0. The van der Waals surface area contributed by atoms with Gasteiger partial charge in [0.05, 0.1) is 0 Å². The first kappa shape index (κ1) is 13.5. The van der Waals surface area contributed by atoms with Gasteiger partial charge in [-0.15, -0.1) is 0 Å². The van der Waals surface area contributed by atoms with Crippen molar-refractivity contribution in [2.24, 2.45) is 5.41 Å². The van der Waals surface area contributed by atoms with Crippen LogP contribution in [0.25, 0.3) is 5.57 Å². The lowest BCUT2D eigenvalue weighted by molar-refractivity contribution is 0.627. The first-order chi connectivity index (χ1) is 8.17. The molecular formula is C17H22. The van der Waals surface area contributed by atoms with E-state index in [9.17, 15) is 0 Å². The average molecular weight is 226 g/mol. The molecule has 1 aliphatic carbocycles. The zero-order valence-corrected chi connectivity index (χ0v) is 11.3. The Balaban J connectivity index is 0.000000686. The highest BCUT2D eigenvalue weighted by Gasteiger charge is 2.10. The fraction of sp³-hybridized carbons (Fsp3) is 0.294. The molecule has 0 aromatic heterocycles. The Hall–Kier alpha value is -1.56. The summed E-state index contributed by atoms with van der Waals surface area (Å²) in [5, 5.41) is 0. The minimum atomic E-state index is 0.160. The Morgan fingerprint density at radius 1 is 0.882 bits per heavy atom. The zero-order chi connectivity index (χ0) is 12.7. The van der Waals surface area contributed by atoms with E-state index in [1.807, 2.05) is 19.9 Å². The van der Waals surface area contributed by atoms with E-state index in [2.05, 4.69) is 68.5 Å². The molecule has 0 spiro atoms. The molecule has 0 fully saturated rings. The summed E-state index contributed by atoms with van der Waals surface area (Å²) in [5.74, 6) is 0. The second kappa shape index (κ2) is 6.24. The molecular weight excluding hydrogens is 204 g/mol. The van der Waals surface area contributed by atoms with Crippen molar-refractivity contribution in [1.29, 1.82) is 0 Å². The maximum absolute atomic E-state index is 2.25. The molecule has 0 nitrogen and oxygen atoms in total. The van der Waals surface area contributed by atoms with Crippen LogP contribution < -0.4 is 0 Å². The molecule has 0 atom stereocenters. The van der Waals surface area contributed by atoms with Crippen molar-refractivity contribution < 1.29 is 0 Å². The number of benzene rings is 1. The predicted octanol–water partition coefficient (Wildman–Crippen LogP) is 5.25. The van der Waals surface area contributed by atoms with Crippen molar-refractivity contribution in [2.75, 3.05) is 0 Å². The van der Waals surface area contributed by atoms with Gasteiger partial charge in [-0.3, -0.25) is 0 Å². The summed E-state index contributed by atoms with van der Waals surface area (Å²) in [6.07, 6.45) is 11.0. The van der Waals surface area contributed by atoms with Crippen molar-refractivity contribution in [3.63, 3.8) is 0 Å². The standard InChI is InChI=1S/C15H16.C2H6/c1-15(2)11-6-9-14(10-12-15)13-7-4-3-5-8-13;1-2/h3-12H,1-2H3;1-2H3. The Bertz CT molecular complexity index is 417. The zero-order valence-electron chi connectivity index (χ0n) is 11.3. The largest absolute Gasteiger partial charge is 0.0751 e. The van der Waals surface area contributed by atoms with Crippen molar-refractivity contribution in [3.05, 3.63) is 66.3 Å². The quantitative estimate of drug-likeness (QED) is 0.613. The van der Waals surface area contributed by atoms with Gasteiger partial charge in [0.1, 0.15) is 0 Å². The van der Waals surface area contributed by atoms with Crippen LogP contribution in [0.3, 0.4) is 0 Å². The van der Waals surface area contributed by atoms with Crippen LogP contribution in [0.1, 0.15) is 33.3 Å². The van der Waals surface area contributed by atoms with Gasteiger partial charge in [0, 0.05) is 5.41 Å². The number of rotatable bonds is 1. The summed E-state index contributed by atoms with van der Waals surface area (Å²) in [6.45, 7) is 8.42. The van der Waals surface area contributed by atoms with E-state index in [-0.39, 0.29) is 5.41 Å². The molecule has 17 heavy (non-hydrogen) atoms. The summed E-state index contributed by atoms with van der Waals surface area (Å²) in [6, 6.07) is 10.5. The van der Waals surface area contributed by atoms with Gasteiger partial charge in [0.15, 0.2) is 0 Å². The first-order valence-electron chi connectivity index (χ1n) is 6.32. The van der Waals surface area contributed by atoms with E-state index in [1.165, 1.54) is 11.1 Å². The summed E-state index contributed by atoms with van der Waals surface area (Å²) in [5.41, 5.74) is 2.71. The molecule has 0 N–H and O–H groups in total. The molecule has 0 radical (unpaired) electrons. The average Bonchev–Trinajstić information content (AvgIpc) is 2.54. The van der Waals surface area contributed by atoms with Gasteiger partial charge in [-0.1, -0.05) is 88.4 Å². The van der Waals surface area contributed by atoms with Gasteiger partial charge in [0.2, 0.25) is 0 Å². The Labute approximate surface area is 105 Å². The number of allylic oxidation sites excluding steroid dienone is 6. The van der Waals surface area contributed by atoms with Crippen molar-refractivity contribution in [1.82, 2.24) is 0 Å². The molecule has 0 saturated carbocycles.